The van der Waals surface area contributed by atoms with Crippen LogP contribution in [0.5, 0.6) is 0 Å². The quantitative estimate of drug-likeness (QED) is 0.399. The molecule has 3 aromatic rings. The molecule has 1 unspecified atom stereocenters. The van der Waals surface area contributed by atoms with E-state index in [4.69, 9.17) is 16.9 Å². The van der Waals surface area contributed by atoms with Gasteiger partial charge in [-0.2, -0.15) is 23.5 Å². The zero-order valence-corrected chi connectivity index (χ0v) is 25.5. The van der Waals surface area contributed by atoms with Gasteiger partial charge in [0.2, 0.25) is 0 Å². The highest BCUT2D eigenvalue weighted by Crippen LogP contribution is 2.36. The minimum absolute atomic E-state index is 0.0189. The summed E-state index contributed by atoms with van der Waals surface area (Å²) in [6.45, 7) is 3.48. The van der Waals surface area contributed by atoms with E-state index in [2.05, 4.69) is 27.3 Å². The molecule has 2 N–H and O–H groups in total. The monoisotopic (exact) mass is 647 g/mol. The van der Waals surface area contributed by atoms with Gasteiger partial charge in [0.25, 0.3) is 11.8 Å². The van der Waals surface area contributed by atoms with Gasteiger partial charge in [-0.15, -0.1) is 0 Å². The van der Waals surface area contributed by atoms with Crippen molar-refractivity contribution in [2.24, 2.45) is 13.0 Å². The topological polar surface area (TPSA) is 136 Å². The largest absolute Gasteiger partial charge is 0.435 e. The lowest BCUT2D eigenvalue weighted by atomic mass is 9.94. The summed E-state index contributed by atoms with van der Waals surface area (Å²) in [7, 11) is 3.46. The van der Waals surface area contributed by atoms with E-state index >= 15 is 0 Å². The number of benzene rings is 1. The van der Waals surface area contributed by atoms with Crippen LogP contribution >= 0.6 is 11.6 Å². The summed E-state index contributed by atoms with van der Waals surface area (Å²) in [5.41, 5.74) is -1.03. The predicted molar refractivity (Wildman–Crippen MR) is 158 cm³/mol. The van der Waals surface area contributed by atoms with Crippen molar-refractivity contribution >= 4 is 29.1 Å². The van der Waals surface area contributed by atoms with Gasteiger partial charge < -0.3 is 24.8 Å². The number of imidazole rings is 1. The highest BCUT2D eigenvalue weighted by Gasteiger charge is 2.39. The Balaban J connectivity index is 1.22. The normalized spacial score (nSPS) is 17.7. The second-order valence-corrected chi connectivity index (χ2v) is 11.7. The van der Waals surface area contributed by atoms with Crippen molar-refractivity contribution in [3.63, 3.8) is 0 Å². The summed E-state index contributed by atoms with van der Waals surface area (Å²) in [6.07, 6.45) is -1.25. The number of likely N-dealkylation sites (tertiary alicyclic amines) is 1. The molecule has 2 aliphatic rings. The van der Waals surface area contributed by atoms with E-state index in [1.165, 1.54) is 29.8 Å². The molecule has 240 valence electrons. The summed E-state index contributed by atoms with van der Waals surface area (Å²) in [5, 5.41) is 26.0. The van der Waals surface area contributed by atoms with Crippen LogP contribution in [0.2, 0.25) is 5.02 Å². The summed E-state index contributed by atoms with van der Waals surface area (Å²) in [6, 6.07) is 6.18. The van der Waals surface area contributed by atoms with Gasteiger partial charge >= 0.3 is 6.18 Å². The van der Waals surface area contributed by atoms with Crippen LogP contribution in [0, 0.1) is 17.2 Å². The number of halogens is 4. The number of amides is 2. The number of piperazine rings is 1. The number of aromatic nitrogens is 4. The number of nitrogens with one attached hydrogen (secondary N) is 1. The Kier molecular flexibility index (Phi) is 9.49. The maximum Gasteiger partial charge on any atom is 0.435 e. The Morgan fingerprint density at radius 1 is 1.16 bits per heavy atom. The number of hydrogen-bond donors (Lipinski definition) is 2. The van der Waals surface area contributed by atoms with Crippen LogP contribution in [0.3, 0.4) is 0 Å². The highest BCUT2D eigenvalue weighted by atomic mass is 35.5. The molecule has 0 radical (unpaired) electrons. The van der Waals surface area contributed by atoms with Crippen molar-refractivity contribution in [1.29, 1.82) is 5.26 Å². The number of hydrogen-bond acceptors (Lipinski definition) is 8. The van der Waals surface area contributed by atoms with Gasteiger partial charge in [-0.3, -0.25) is 19.2 Å². The molecule has 2 aliphatic heterocycles. The maximum absolute atomic E-state index is 13.6. The molecule has 2 aromatic heterocycles. The molecule has 4 heterocycles. The first-order valence-electron chi connectivity index (χ1n) is 14.4. The highest BCUT2D eigenvalue weighted by molar-refractivity contribution is 6.34. The fraction of sp³-hybridized carbons (Fsp3) is 0.483. The van der Waals surface area contributed by atoms with E-state index in [9.17, 15) is 27.9 Å². The first kappa shape index (κ1) is 32.4. The van der Waals surface area contributed by atoms with Gasteiger partial charge in [0.1, 0.15) is 12.8 Å². The second-order valence-electron chi connectivity index (χ2n) is 11.3. The standard InChI is InChI=1S/C29H33ClF3N9O3/c1-38-8-5-18(6-9-38)27(44)40-11-13-41(14-12-40)28(45)20-4-3-19(15-22(20)30)36-26(43)25-35-16-23(39(25)2)21-17-42(10-7-34)37-24(21)29(31,32)33/h3-4,15-18,27,44H,5-6,8-14H2,1-2H3,(H,36,43). The number of alkyl halides is 3. The Bertz CT molecular complexity index is 1600. The number of anilines is 1. The van der Waals surface area contributed by atoms with E-state index < -0.39 is 24.0 Å². The molecule has 0 aliphatic carbocycles. The van der Waals surface area contributed by atoms with Gasteiger partial charge in [0, 0.05) is 51.0 Å². The molecule has 12 nitrogen and oxygen atoms in total. The van der Waals surface area contributed by atoms with Crippen LogP contribution in [0.15, 0.2) is 30.6 Å². The molecule has 2 saturated heterocycles. The van der Waals surface area contributed by atoms with Gasteiger partial charge in [-0.05, 0) is 51.2 Å². The summed E-state index contributed by atoms with van der Waals surface area (Å²) >= 11 is 6.46. The van der Waals surface area contributed by atoms with Crippen molar-refractivity contribution in [3.8, 4) is 17.3 Å². The molecule has 0 spiro atoms. The average molecular weight is 648 g/mol. The fourth-order valence-corrected chi connectivity index (χ4v) is 6.04. The fourth-order valence-electron chi connectivity index (χ4n) is 5.78. The number of aliphatic hydroxyl groups excluding tert-OH is 1. The Hall–Kier alpha value is -3.97. The summed E-state index contributed by atoms with van der Waals surface area (Å²) < 4.78 is 42.9. The third-order valence-corrected chi connectivity index (χ3v) is 8.66. The molecule has 2 amide bonds. The number of piperidine rings is 1. The molecular formula is C29H33ClF3N9O3. The zero-order chi connectivity index (χ0) is 32.5. The molecule has 5 rings (SSSR count). The first-order chi connectivity index (χ1) is 21.4. The molecule has 16 heteroatoms. The third kappa shape index (κ3) is 6.99. The molecular weight excluding hydrogens is 615 g/mol. The van der Waals surface area contributed by atoms with Gasteiger partial charge in [0.15, 0.2) is 11.5 Å². The van der Waals surface area contributed by atoms with Crippen LogP contribution in [0.4, 0.5) is 18.9 Å². The minimum Gasteiger partial charge on any atom is -0.378 e. The van der Waals surface area contributed by atoms with Crippen LogP contribution in [-0.2, 0) is 19.8 Å². The molecule has 45 heavy (non-hydrogen) atoms. The van der Waals surface area contributed by atoms with Gasteiger partial charge in [-0.25, -0.2) is 4.98 Å². The van der Waals surface area contributed by atoms with Crippen LogP contribution in [0.1, 0.15) is 39.5 Å². The average Bonchev–Trinajstić information content (AvgIpc) is 3.60. The molecule has 0 saturated carbocycles. The van der Waals surface area contributed by atoms with E-state index in [-0.39, 0.29) is 51.7 Å². The smallest absolute Gasteiger partial charge is 0.378 e. The van der Waals surface area contributed by atoms with Crippen LogP contribution in [-0.4, -0.2) is 103 Å². The van der Waals surface area contributed by atoms with E-state index in [1.807, 2.05) is 4.90 Å². The molecule has 0 bridgehead atoms. The number of aliphatic hydroxyl groups is 1. The molecule has 1 aromatic carbocycles. The van der Waals surface area contributed by atoms with E-state index in [0.29, 0.717) is 26.2 Å². The third-order valence-electron chi connectivity index (χ3n) is 8.35. The summed E-state index contributed by atoms with van der Waals surface area (Å²) in [4.78, 5) is 36.3. The summed E-state index contributed by atoms with van der Waals surface area (Å²) in [5.74, 6) is -0.944. The van der Waals surface area contributed by atoms with Crippen LogP contribution < -0.4 is 5.32 Å². The lowest BCUT2D eigenvalue weighted by Crippen LogP contribution is -2.54. The van der Waals surface area contributed by atoms with Crippen molar-refractivity contribution in [2.75, 3.05) is 51.6 Å². The Labute approximate surface area is 262 Å². The van der Waals surface area contributed by atoms with Crippen molar-refractivity contribution in [3.05, 3.63) is 52.7 Å². The Morgan fingerprint density at radius 2 is 1.84 bits per heavy atom. The van der Waals surface area contributed by atoms with Crippen molar-refractivity contribution in [2.45, 2.75) is 31.8 Å². The maximum atomic E-state index is 13.6. The number of nitriles is 1. The molecule has 1 atom stereocenters. The van der Waals surface area contributed by atoms with Crippen molar-refractivity contribution in [1.82, 2.24) is 34.0 Å². The molecule has 2 fully saturated rings. The number of carbonyl (C=O) groups excluding carboxylic acids is 2. The van der Waals surface area contributed by atoms with Gasteiger partial charge in [-0.1, -0.05) is 11.6 Å². The predicted octanol–water partition coefficient (Wildman–Crippen LogP) is 3.15. The Morgan fingerprint density at radius 3 is 2.47 bits per heavy atom. The van der Waals surface area contributed by atoms with Gasteiger partial charge in [0.05, 0.1) is 34.1 Å². The lowest BCUT2D eigenvalue weighted by Gasteiger charge is -2.41. The minimum atomic E-state index is -4.79. The van der Waals surface area contributed by atoms with Crippen molar-refractivity contribution < 1.29 is 27.9 Å². The zero-order valence-electron chi connectivity index (χ0n) is 24.8. The second kappa shape index (κ2) is 13.2. The van der Waals surface area contributed by atoms with E-state index in [1.54, 1.807) is 11.0 Å². The number of carbonyl (C=O) groups is 2. The SMILES string of the molecule is CN1CCC(C(O)N2CCN(C(=O)c3ccc(NC(=O)c4ncc(-c5cn(CC#N)nc5C(F)(F)F)n4C)cc3Cl)CC2)CC1. The number of rotatable bonds is 7. The lowest BCUT2D eigenvalue weighted by molar-refractivity contribution is -0.141. The van der Waals surface area contributed by atoms with Crippen LogP contribution in [0.25, 0.3) is 11.3 Å². The number of nitrogens with zero attached hydrogens (tertiary/aromatic N) is 8. The first-order valence-corrected chi connectivity index (χ1v) is 14.8. The van der Waals surface area contributed by atoms with E-state index in [0.717, 1.165) is 43.0 Å².